The fourth-order valence-corrected chi connectivity index (χ4v) is 6.15. The summed E-state index contributed by atoms with van der Waals surface area (Å²) >= 11 is 19.2. The van der Waals surface area contributed by atoms with Crippen molar-refractivity contribution in [1.29, 1.82) is 0 Å². The van der Waals surface area contributed by atoms with Gasteiger partial charge < -0.3 is 10.2 Å². The predicted molar refractivity (Wildman–Crippen MR) is 162 cm³/mol. The second-order valence-electron chi connectivity index (χ2n) is 10.4. The van der Waals surface area contributed by atoms with E-state index in [4.69, 9.17) is 34.8 Å². The predicted octanol–water partition coefficient (Wildman–Crippen LogP) is 6.48. The highest BCUT2D eigenvalue weighted by Crippen LogP contribution is 2.32. The molecule has 0 saturated heterocycles. The molecule has 0 fully saturated rings. The smallest absolute Gasteiger partial charge is 0.264 e. The van der Waals surface area contributed by atoms with E-state index in [2.05, 4.69) is 5.32 Å². The summed E-state index contributed by atoms with van der Waals surface area (Å²) < 4.78 is 28.7. The van der Waals surface area contributed by atoms with Crippen molar-refractivity contribution >= 4 is 62.3 Å². The minimum absolute atomic E-state index is 0.00922. The zero-order valence-corrected chi connectivity index (χ0v) is 26.0. The number of para-hydroxylation sites is 1. The number of carbonyl (C=O) groups excluding carboxylic acids is 2. The van der Waals surface area contributed by atoms with Crippen LogP contribution in [0.15, 0.2) is 71.6 Å². The Labute approximate surface area is 251 Å². The topological polar surface area (TPSA) is 86.8 Å². The van der Waals surface area contributed by atoms with E-state index in [9.17, 15) is 18.0 Å². The van der Waals surface area contributed by atoms with Crippen molar-refractivity contribution < 1.29 is 18.0 Å². The molecule has 0 spiro atoms. The van der Waals surface area contributed by atoms with E-state index in [1.165, 1.54) is 23.1 Å². The minimum Gasteiger partial charge on any atom is -0.350 e. The molecule has 11 heteroatoms. The van der Waals surface area contributed by atoms with Gasteiger partial charge in [0.2, 0.25) is 11.8 Å². The number of benzene rings is 3. The maximum Gasteiger partial charge on any atom is 0.264 e. The van der Waals surface area contributed by atoms with E-state index in [1.54, 1.807) is 55.5 Å². The second kappa shape index (κ2) is 12.8. The minimum atomic E-state index is -4.24. The number of amides is 2. The maximum absolute atomic E-state index is 14.0. The Morgan fingerprint density at radius 2 is 1.43 bits per heavy atom. The molecule has 2 amide bonds. The van der Waals surface area contributed by atoms with Crippen molar-refractivity contribution in [3.05, 3.63) is 92.9 Å². The van der Waals surface area contributed by atoms with E-state index in [1.807, 2.05) is 27.7 Å². The van der Waals surface area contributed by atoms with Gasteiger partial charge in [-0.25, -0.2) is 8.42 Å². The quantitative estimate of drug-likeness (QED) is 0.295. The van der Waals surface area contributed by atoms with Crippen molar-refractivity contribution in [3.8, 4) is 0 Å². The molecule has 3 aromatic rings. The first-order valence-electron chi connectivity index (χ1n) is 12.5. The van der Waals surface area contributed by atoms with Gasteiger partial charge in [0.25, 0.3) is 10.0 Å². The number of aryl methyl sites for hydroxylation is 1. The van der Waals surface area contributed by atoms with Crippen LogP contribution in [0.25, 0.3) is 0 Å². The molecule has 3 rings (SSSR count). The zero-order chi connectivity index (χ0) is 29.8. The number of rotatable bonds is 9. The van der Waals surface area contributed by atoms with Crippen molar-refractivity contribution in [2.24, 2.45) is 0 Å². The van der Waals surface area contributed by atoms with Gasteiger partial charge in [0, 0.05) is 27.7 Å². The summed E-state index contributed by atoms with van der Waals surface area (Å²) in [5.74, 6) is -1.07. The highest BCUT2D eigenvalue weighted by molar-refractivity contribution is 7.92. The molecule has 0 aliphatic carbocycles. The molecule has 0 aromatic heterocycles. The van der Waals surface area contributed by atoms with Gasteiger partial charge >= 0.3 is 0 Å². The summed E-state index contributed by atoms with van der Waals surface area (Å²) in [6.07, 6.45) is 0. The summed E-state index contributed by atoms with van der Waals surface area (Å²) in [6, 6.07) is 16.6. The second-order valence-corrected chi connectivity index (χ2v) is 13.5. The van der Waals surface area contributed by atoms with Crippen LogP contribution in [-0.2, 0) is 26.2 Å². The van der Waals surface area contributed by atoms with Crippen LogP contribution < -0.4 is 9.62 Å². The summed E-state index contributed by atoms with van der Waals surface area (Å²) in [5, 5.41) is 3.64. The number of hydrogen-bond donors (Lipinski definition) is 1. The SMILES string of the molecule is Cc1ccc(S(=O)(=O)N(CC(=O)N(Cc2c(Cl)cccc2Cl)[C@H](C)C(=O)NC(C)(C)C)c2ccccc2Cl)cc1. The monoisotopic (exact) mass is 623 g/mol. The number of halogens is 3. The number of nitrogens with zero attached hydrogens (tertiary/aromatic N) is 2. The Bertz CT molecular complexity index is 1470. The average Bonchev–Trinajstić information content (AvgIpc) is 2.86. The third-order valence-corrected chi connectivity index (χ3v) is 8.87. The highest BCUT2D eigenvalue weighted by Gasteiger charge is 2.34. The molecule has 0 aliphatic heterocycles. The Morgan fingerprint density at radius 3 is 1.98 bits per heavy atom. The molecule has 0 aliphatic rings. The molecule has 0 bridgehead atoms. The normalized spacial score (nSPS) is 12.5. The first-order chi connectivity index (χ1) is 18.6. The van der Waals surface area contributed by atoms with Crippen LogP contribution in [0, 0.1) is 6.92 Å². The van der Waals surface area contributed by atoms with Crippen molar-refractivity contribution in [3.63, 3.8) is 0 Å². The van der Waals surface area contributed by atoms with Gasteiger partial charge in [0.1, 0.15) is 12.6 Å². The van der Waals surface area contributed by atoms with E-state index >= 15 is 0 Å². The molecular weight excluding hydrogens is 593 g/mol. The van der Waals surface area contributed by atoms with Crippen LogP contribution >= 0.6 is 34.8 Å². The largest absolute Gasteiger partial charge is 0.350 e. The molecule has 1 N–H and O–H groups in total. The van der Waals surface area contributed by atoms with Gasteiger partial charge in [0.15, 0.2) is 0 Å². The lowest BCUT2D eigenvalue weighted by Crippen LogP contribution is -2.54. The Morgan fingerprint density at radius 1 is 0.875 bits per heavy atom. The first-order valence-corrected chi connectivity index (χ1v) is 15.1. The molecule has 0 saturated carbocycles. The van der Waals surface area contributed by atoms with Crippen LogP contribution in [-0.4, -0.2) is 43.3 Å². The van der Waals surface area contributed by atoms with Crippen molar-refractivity contribution in [2.45, 2.75) is 57.6 Å². The van der Waals surface area contributed by atoms with E-state index in [0.29, 0.717) is 15.6 Å². The van der Waals surface area contributed by atoms with Crippen molar-refractivity contribution in [2.75, 3.05) is 10.8 Å². The number of nitrogens with one attached hydrogen (secondary N) is 1. The summed E-state index contributed by atoms with van der Waals surface area (Å²) in [4.78, 5) is 28.5. The third kappa shape index (κ3) is 7.69. The molecule has 1 atom stereocenters. The number of hydrogen-bond acceptors (Lipinski definition) is 4. The fraction of sp³-hybridized carbons (Fsp3) is 0.310. The van der Waals surface area contributed by atoms with Crippen LogP contribution in [0.3, 0.4) is 0 Å². The van der Waals surface area contributed by atoms with Gasteiger partial charge in [-0.2, -0.15) is 0 Å². The van der Waals surface area contributed by atoms with Crippen LogP contribution in [0.4, 0.5) is 5.69 Å². The standard InChI is InChI=1S/C29H32Cl3N3O4S/c1-19-13-15-21(16-14-19)40(38,39)35(26-12-7-6-9-25(26)32)18-27(36)34(20(2)28(37)33-29(3,4)5)17-22-23(30)10-8-11-24(22)31/h6-16,20H,17-18H2,1-5H3,(H,33,37)/t20-/m1/s1. The summed E-state index contributed by atoms with van der Waals surface area (Å²) in [7, 11) is -4.24. The van der Waals surface area contributed by atoms with Gasteiger partial charge in [0.05, 0.1) is 15.6 Å². The molecule has 0 radical (unpaired) electrons. The Kier molecular flexibility index (Phi) is 10.2. The number of sulfonamides is 1. The lowest BCUT2D eigenvalue weighted by atomic mass is 10.1. The summed E-state index contributed by atoms with van der Waals surface area (Å²) in [5.41, 5.74) is 0.863. The van der Waals surface area contributed by atoms with Crippen LogP contribution in [0.5, 0.6) is 0 Å². The molecule has 3 aromatic carbocycles. The molecule has 0 heterocycles. The van der Waals surface area contributed by atoms with E-state index in [0.717, 1.165) is 9.87 Å². The average molecular weight is 625 g/mol. The van der Waals surface area contributed by atoms with Crippen LogP contribution in [0.2, 0.25) is 15.1 Å². The number of anilines is 1. The Hall–Kier alpha value is -2.78. The molecular formula is C29H32Cl3N3O4S. The molecule has 7 nitrogen and oxygen atoms in total. The third-order valence-electron chi connectivity index (χ3n) is 6.06. The number of carbonyl (C=O) groups is 2. The lowest BCUT2D eigenvalue weighted by molar-refractivity contribution is -0.140. The first kappa shape index (κ1) is 31.7. The van der Waals surface area contributed by atoms with Gasteiger partial charge in [-0.1, -0.05) is 70.7 Å². The highest BCUT2D eigenvalue weighted by atomic mass is 35.5. The van der Waals surface area contributed by atoms with E-state index < -0.39 is 40.0 Å². The van der Waals surface area contributed by atoms with Crippen LogP contribution in [0.1, 0.15) is 38.8 Å². The molecule has 40 heavy (non-hydrogen) atoms. The maximum atomic E-state index is 14.0. The zero-order valence-electron chi connectivity index (χ0n) is 22.9. The summed E-state index contributed by atoms with van der Waals surface area (Å²) in [6.45, 7) is 8.11. The van der Waals surface area contributed by atoms with Gasteiger partial charge in [-0.05, 0) is 71.0 Å². The van der Waals surface area contributed by atoms with Gasteiger partial charge in [-0.15, -0.1) is 0 Å². The molecule has 214 valence electrons. The Balaban J connectivity index is 2.09. The molecule has 0 unspecified atom stereocenters. The van der Waals surface area contributed by atoms with E-state index in [-0.39, 0.29) is 22.2 Å². The lowest BCUT2D eigenvalue weighted by Gasteiger charge is -2.34. The van der Waals surface area contributed by atoms with Crippen molar-refractivity contribution in [1.82, 2.24) is 10.2 Å². The van der Waals surface area contributed by atoms with Gasteiger partial charge in [-0.3, -0.25) is 13.9 Å². The fourth-order valence-electron chi connectivity index (χ4n) is 3.92.